The number of anilines is 6. The second-order valence-electron chi connectivity index (χ2n) is 15.8. The summed E-state index contributed by atoms with van der Waals surface area (Å²) >= 11 is 0. The Kier molecular flexibility index (Phi) is 7.24. The van der Waals surface area contributed by atoms with Crippen molar-refractivity contribution in [3.05, 3.63) is 212 Å². The molecule has 61 heavy (non-hydrogen) atoms. The van der Waals surface area contributed by atoms with Crippen LogP contribution in [-0.2, 0) is 0 Å². The van der Waals surface area contributed by atoms with Crippen molar-refractivity contribution in [1.82, 2.24) is 14.5 Å². The number of hydrogen-bond donors (Lipinski definition) is 0. The van der Waals surface area contributed by atoms with E-state index in [4.69, 9.17) is 9.97 Å². The first kappa shape index (κ1) is 33.7. The van der Waals surface area contributed by atoms with Crippen LogP contribution < -0.4 is 9.80 Å². The van der Waals surface area contributed by atoms with Gasteiger partial charge in [0.1, 0.15) is 0 Å². The van der Waals surface area contributed by atoms with Crippen molar-refractivity contribution in [2.75, 3.05) is 9.80 Å². The Labute approximate surface area is 352 Å². The van der Waals surface area contributed by atoms with Crippen molar-refractivity contribution in [2.45, 2.75) is 0 Å². The highest BCUT2D eigenvalue weighted by Crippen LogP contribution is 2.62. The molecule has 9 aromatic carbocycles. The fourth-order valence-corrected chi connectivity index (χ4v) is 9.80. The maximum atomic E-state index is 5.38. The van der Waals surface area contributed by atoms with Crippen molar-refractivity contribution in [3.8, 4) is 50.7 Å². The standard InChI is InChI=1S/C56H35N5/c1-4-18-37(19-5-1)46-34-47(38-20-6-2-7-21-38)58-56(57-46)61-48-27-13-12-25-41(48)44-33-45-42-32-31-36-17-10-11-24-40(36)54(42)43-26-16-30-51-55(43)60(52(45)35-53(44)61)50-29-15-14-28-49(50)59(51)39-22-8-3-9-23-39/h1-35H. The minimum absolute atomic E-state index is 0.627. The van der Waals surface area contributed by atoms with Gasteiger partial charge in [0, 0.05) is 38.7 Å². The first-order valence-electron chi connectivity index (χ1n) is 20.8. The van der Waals surface area contributed by atoms with E-state index < -0.39 is 0 Å². The fraction of sp³-hybridized carbons (Fsp3) is 0. The molecular formula is C56H35N5. The van der Waals surface area contributed by atoms with Crippen LogP contribution in [0.1, 0.15) is 0 Å². The van der Waals surface area contributed by atoms with Gasteiger partial charge < -0.3 is 9.80 Å². The van der Waals surface area contributed by atoms with Gasteiger partial charge in [-0.15, -0.1) is 0 Å². The number of rotatable bonds is 4. The quantitative estimate of drug-likeness (QED) is 0.178. The van der Waals surface area contributed by atoms with Crippen molar-refractivity contribution in [3.63, 3.8) is 0 Å². The van der Waals surface area contributed by atoms with Crippen LogP contribution in [-0.4, -0.2) is 14.5 Å². The predicted molar refractivity (Wildman–Crippen MR) is 252 cm³/mol. The Balaban J connectivity index is 1.17. The molecule has 0 spiro atoms. The van der Waals surface area contributed by atoms with Gasteiger partial charge in [0.2, 0.25) is 5.95 Å². The van der Waals surface area contributed by atoms with Crippen LogP contribution in [0.25, 0.3) is 83.3 Å². The predicted octanol–water partition coefficient (Wildman–Crippen LogP) is 15.0. The first-order valence-corrected chi connectivity index (χ1v) is 20.8. The first-order chi connectivity index (χ1) is 30.3. The van der Waals surface area contributed by atoms with Gasteiger partial charge in [0.15, 0.2) is 0 Å². The highest BCUT2D eigenvalue weighted by molar-refractivity contribution is 6.20. The molecular weight excluding hydrogens is 743 g/mol. The molecule has 2 aromatic heterocycles. The fourth-order valence-electron chi connectivity index (χ4n) is 9.80. The van der Waals surface area contributed by atoms with E-state index in [-0.39, 0.29) is 0 Å². The molecule has 4 heterocycles. The summed E-state index contributed by atoms with van der Waals surface area (Å²) in [6.07, 6.45) is 0. The molecule has 284 valence electrons. The zero-order valence-electron chi connectivity index (χ0n) is 32.9. The van der Waals surface area contributed by atoms with Gasteiger partial charge in [-0.3, -0.25) is 4.57 Å². The molecule has 2 aliphatic rings. The maximum Gasteiger partial charge on any atom is 0.235 e. The zero-order valence-corrected chi connectivity index (χ0v) is 32.9. The van der Waals surface area contributed by atoms with Gasteiger partial charge in [-0.05, 0) is 76.5 Å². The van der Waals surface area contributed by atoms with Gasteiger partial charge in [-0.25, -0.2) is 9.97 Å². The van der Waals surface area contributed by atoms with Crippen LogP contribution >= 0.6 is 0 Å². The Morgan fingerprint density at radius 1 is 0.344 bits per heavy atom. The van der Waals surface area contributed by atoms with E-state index in [0.717, 1.165) is 78.4 Å². The molecule has 0 unspecified atom stereocenters. The lowest BCUT2D eigenvalue weighted by atomic mass is 9.89. The summed E-state index contributed by atoms with van der Waals surface area (Å²) in [7, 11) is 0. The minimum atomic E-state index is 0.627. The van der Waals surface area contributed by atoms with Crippen molar-refractivity contribution < 1.29 is 0 Å². The van der Waals surface area contributed by atoms with Crippen molar-refractivity contribution >= 4 is 66.7 Å². The van der Waals surface area contributed by atoms with E-state index in [1.54, 1.807) is 0 Å². The molecule has 11 aromatic rings. The van der Waals surface area contributed by atoms with Crippen LogP contribution in [0.15, 0.2) is 212 Å². The summed E-state index contributed by atoms with van der Waals surface area (Å²) in [6.45, 7) is 0. The molecule has 5 heteroatoms. The molecule has 0 amide bonds. The third-order valence-electron chi connectivity index (χ3n) is 12.4. The summed E-state index contributed by atoms with van der Waals surface area (Å²) in [5.41, 5.74) is 17.4. The maximum absolute atomic E-state index is 5.38. The number of para-hydroxylation sites is 5. The number of fused-ring (bicyclic) bond motifs is 12. The topological polar surface area (TPSA) is 37.2 Å². The Bertz CT molecular complexity index is 3480. The third kappa shape index (κ3) is 5.01. The number of aromatic nitrogens is 3. The molecule has 13 rings (SSSR count). The van der Waals surface area contributed by atoms with E-state index in [2.05, 4.69) is 215 Å². The number of benzene rings is 9. The lowest BCUT2D eigenvalue weighted by Crippen LogP contribution is -2.24. The monoisotopic (exact) mass is 777 g/mol. The van der Waals surface area contributed by atoms with Gasteiger partial charge in [0.05, 0.1) is 50.9 Å². The molecule has 0 saturated heterocycles. The van der Waals surface area contributed by atoms with Crippen molar-refractivity contribution in [1.29, 1.82) is 0 Å². The summed E-state index contributed by atoms with van der Waals surface area (Å²) < 4.78 is 2.27. The van der Waals surface area contributed by atoms with E-state index in [1.165, 1.54) is 33.0 Å². The van der Waals surface area contributed by atoms with E-state index >= 15 is 0 Å². The molecule has 0 saturated carbocycles. The number of hydrogen-bond acceptors (Lipinski definition) is 4. The SMILES string of the molecule is c1ccc(-c2cc(-c3ccccc3)nc(-n3c4ccccc4c4cc5c(cc43)N3c4ccccc4N(c4ccccc4)c4cccc(c43)-c3c-5ccc4ccccc34)n2)cc1. The molecule has 5 nitrogen and oxygen atoms in total. The zero-order chi connectivity index (χ0) is 40.0. The molecule has 0 atom stereocenters. The molecule has 0 aliphatic carbocycles. The van der Waals surface area contributed by atoms with Crippen LogP contribution in [0, 0.1) is 0 Å². The van der Waals surface area contributed by atoms with Gasteiger partial charge in [-0.2, -0.15) is 0 Å². The van der Waals surface area contributed by atoms with E-state index in [0.29, 0.717) is 5.95 Å². The lowest BCUT2D eigenvalue weighted by Gasteiger charge is -2.41. The summed E-state index contributed by atoms with van der Waals surface area (Å²) in [5.74, 6) is 0.627. The highest BCUT2D eigenvalue weighted by Gasteiger charge is 2.37. The smallest absolute Gasteiger partial charge is 0.235 e. The van der Waals surface area contributed by atoms with Crippen LogP contribution in [0.4, 0.5) is 34.1 Å². The normalized spacial score (nSPS) is 12.5. The van der Waals surface area contributed by atoms with E-state index in [9.17, 15) is 0 Å². The Morgan fingerprint density at radius 2 is 0.951 bits per heavy atom. The highest BCUT2D eigenvalue weighted by atomic mass is 15.3. The van der Waals surface area contributed by atoms with Gasteiger partial charge in [-0.1, -0.05) is 158 Å². The molecule has 0 bridgehead atoms. The minimum Gasteiger partial charge on any atom is -0.306 e. The summed E-state index contributed by atoms with van der Waals surface area (Å²) in [5, 5.41) is 4.74. The Hall–Kier alpha value is -8.28. The summed E-state index contributed by atoms with van der Waals surface area (Å²) in [4.78, 5) is 15.7. The van der Waals surface area contributed by atoms with E-state index in [1.807, 2.05) is 12.1 Å². The van der Waals surface area contributed by atoms with Crippen LogP contribution in [0.3, 0.4) is 0 Å². The lowest BCUT2D eigenvalue weighted by molar-refractivity contribution is 0.995. The van der Waals surface area contributed by atoms with Gasteiger partial charge in [0.25, 0.3) is 0 Å². The van der Waals surface area contributed by atoms with Crippen LogP contribution in [0.2, 0.25) is 0 Å². The van der Waals surface area contributed by atoms with Gasteiger partial charge >= 0.3 is 0 Å². The molecule has 0 radical (unpaired) electrons. The molecule has 2 aliphatic heterocycles. The molecule has 0 fully saturated rings. The van der Waals surface area contributed by atoms with Crippen molar-refractivity contribution in [2.24, 2.45) is 0 Å². The average molecular weight is 778 g/mol. The average Bonchev–Trinajstić information content (AvgIpc) is 3.59. The second-order valence-corrected chi connectivity index (χ2v) is 15.8. The Morgan fingerprint density at radius 3 is 1.69 bits per heavy atom. The third-order valence-corrected chi connectivity index (χ3v) is 12.4. The largest absolute Gasteiger partial charge is 0.306 e. The van der Waals surface area contributed by atoms with Crippen LogP contribution in [0.5, 0.6) is 0 Å². The summed E-state index contributed by atoms with van der Waals surface area (Å²) in [6, 6.07) is 76.2. The second kappa shape index (κ2) is 13.1. The molecule has 0 N–H and O–H groups in total. The number of nitrogens with zero attached hydrogens (tertiary/aromatic N) is 5.